The first-order chi connectivity index (χ1) is 16.5. The minimum absolute atomic E-state index is 0.0393. The van der Waals surface area contributed by atoms with E-state index in [4.69, 9.17) is 23.2 Å². The SMILES string of the molecule is CCCCNC(=O)[C@@H](CC)N(Cc1c(Cl)cccc1Cl)C(=O)CN(c1ccccc1C)S(C)(=O)=O. The van der Waals surface area contributed by atoms with Crippen molar-refractivity contribution < 1.29 is 18.0 Å². The van der Waals surface area contributed by atoms with Gasteiger partial charge in [-0.05, 0) is 43.5 Å². The van der Waals surface area contributed by atoms with Crippen molar-refractivity contribution in [3.05, 3.63) is 63.6 Å². The van der Waals surface area contributed by atoms with Crippen LogP contribution in [0.1, 0.15) is 44.2 Å². The van der Waals surface area contributed by atoms with E-state index >= 15 is 0 Å². The van der Waals surface area contributed by atoms with Crippen LogP contribution in [0, 0.1) is 6.92 Å². The van der Waals surface area contributed by atoms with Crippen molar-refractivity contribution in [3.63, 3.8) is 0 Å². The van der Waals surface area contributed by atoms with E-state index in [-0.39, 0.29) is 12.5 Å². The van der Waals surface area contributed by atoms with Crippen molar-refractivity contribution in [1.82, 2.24) is 10.2 Å². The van der Waals surface area contributed by atoms with E-state index in [1.54, 1.807) is 56.3 Å². The summed E-state index contributed by atoms with van der Waals surface area (Å²) in [5.41, 5.74) is 1.60. The molecule has 35 heavy (non-hydrogen) atoms. The van der Waals surface area contributed by atoms with Crippen molar-refractivity contribution in [2.75, 3.05) is 23.7 Å². The molecule has 0 bridgehead atoms. The molecule has 0 saturated heterocycles. The molecule has 2 rings (SSSR count). The largest absolute Gasteiger partial charge is 0.354 e. The molecular weight excluding hydrogens is 509 g/mol. The molecule has 2 amide bonds. The van der Waals surface area contributed by atoms with Gasteiger partial charge in [-0.2, -0.15) is 0 Å². The number of sulfonamides is 1. The first-order valence-electron chi connectivity index (χ1n) is 11.5. The van der Waals surface area contributed by atoms with Crippen LogP contribution in [-0.4, -0.2) is 50.5 Å². The van der Waals surface area contributed by atoms with Crippen molar-refractivity contribution in [1.29, 1.82) is 0 Å². The van der Waals surface area contributed by atoms with Crippen LogP contribution in [0.2, 0.25) is 10.0 Å². The number of nitrogens with zero attached hydrogens (tertiary/aromatic N) is 2. The molecule has 0 heterocycles. The lowest BCUT2D eigenvalue weighted by atomic mass is 10.1. The van der Waals surface area contributed by atoms with Crippen molar-refractivity contribution >= 4 is 50.7 Å². The summed E-state index contributed by atoms with van der Waals surface area (Å²) in [5, 5.41) is 3.59. The van der Waals surface area contributed by atoms with Gasteiger partial charge in [-0.15, -0.1) is 0 Å². The third kappa shape index (κ3) is 7.85. The molecule has 1 N–H and O–H groups in total. The number of benzene rings is 2. The molecule has 0 unspecified atom stereocenters. The highest BCUT2D eigenvalue weighted by Gasteiger charge is 2.32. The lowest BCUT2D eigenvalue weighted by Gasteiger charge is -2.33. The fraction of sp³-hybridized carbons (Fsp3) is 0.440. The molecule has 0 spiro atoms. The summed E-state index contributed by atoms with van der Waals surface area (Å²) in [6.07, 6.45) is 3.10. The van der Waals surface area contributed by atoms with Gasteiger partial charge in [-0.1, -0.05) is 67.7 Å². The van der Waals surface area contributed by atoms with Gasteiger partial charge in [0.25, 0.3) is 0 Å². The number of hydrogen-bond donors (Lipinski definition) is 1. The Hall–Kier alpha value is -2.29. The molecule has 0 aliphatic heterocycles. The predicted octanol–water partition coefficient (Wildman–Crippen LogP) is 4.79. The lowest BCUT2D eigenvalue weighted by molar-refractivity contribution is -0.140. The van der Waals surface area contributed by atoms with Crippen molar-refractivity contribution in [2.45, 2.75) is 52.6 Å². The fourth-order valence-corrected chi connectivity index (χ4v) is 5.14. The van der Waals surface area contributed by atoms with E-state index < -0.39 is 28.5 Å². The molecular formula is C25H33Cl2N3O4S. The second-order valence-corrected chi connectivity index (χ2v) is 11.1. The molecule has 192 valence electrons. The van der Waals surface area contributed by atoms with Gasteiger partial charge in [0.1, 0.15) is 12.6 Å². The highest BCUT2D eigenvalue weighted by atomic mass is 35.5. The van der Waals surface area contributed by atoms with Crippen LogP contribution in [0.4, 0.5) is 5.69 Å². The molecule has 2 aromatic carbocycles. The Labute approximate surface area is 218 Å². The maximum atomic E-state index is 13.7. The third-order valence-electron chi connectivity index (χ3n) is 5.67. The number of rotatable bonds is 12. The number of unbranched alkanes of at least 4 members (excludes halogenated alkanes) is 1. The summed E-state index contributed by atoms with van der Waals surface area (Å²) in [6.45, 7) is 5.57. The average Bonchev–Trinajstić information content (AvgIpc) is 2.79. The molecule has 10 heteroatoms. The summed E-state index contributed by atoms with van der Waals surface area (Å²) < 4.78 is 26.4. The molecule has 0 fully saturated rings. The Kier molecular flexibility index (Phi) is 10.9. The average molecular weight is 543 g/mol. The van der Waals surface area contributed by atoms with E-state index in [1.165, 1.54) is 4.90 Å². The van der Waals surface area contributed by atoms with Crippen LogP contribution in [0.5, 0.6) is 0 Å². The molecule has 0 aliphatic carbocycles. The Morgan fingerprint density at radius 3 is 2.20 bits per heavy atom. The molecule has 2 aromatic rings. The number of halogens is 2. The lowest BCUT2D eigenvalue weighted by Crippen LogP contribution is -2.52. The highest BCUT2D eigenvalue weighted by molar-refractivity contribution is 7.92. The van der Waals surface area contributed by atoms with Crippen LogP contribution in [0.3, 0.4) is 0 Å². The van der Waals surface area contributed by atoms with Crippen LogP contribution < -0.4 is 9.62 Å². The number of para-hydroxylation sites is 1. The second-order valence-electron chi connectivity index (χ2n) is 8.35. The van der Waals surface area contributed by atoms with Crippen LogP contribution in [0.25, 0.3) is 0 Å². The predicted molar refractivity (Wildman–Crippen MR) is 142 cm³/mol. The summed E-state index contributed by atoms with van der Waals surface area (Å²) in [6, 6.07) is 11.1. The van der Waals surface area contributed by atoms with E-state index in [2.05, 4.69) is 5.32 Å². The monoisotopic (exact) mass is 541 g/mol. The molecule has 1 atom stereocenters. The molecule has 0 aliphatic rings. The molecule has 0 radical (unpaired) electrons. The van der Waals surface area contributed by atoms with Gasteiger partial charge in [-0.25, -0.2) is 8.42 Å². The highest BCUT2D eigenvalue weighted by Crippen LogP contribution is 2.28. The number of anilines is 1. The van der Waals surface area contributed by atoms with Gasteiger partial charge >= 0.3 is 0 Å². The summed E-state index contributed by atoms with van der Waals surface area (Å²) >= 11 is 12.7. The standard InChI is InChI=1S/C25H33Cl2N3O4S/c1-5-7-15-28-25(32)22(6-2)29(16-19-20(26)12-10-13-21(19)27)24(31)17-30(35(4,33)34)23-14-9-8-11-18(23)3/h8-14,22H,5-7,15-17H2,1-4H3,(H,28,32)/t22-/m1/s1. The van der Waals surface area contributed by atoms with E-state index in [1.807, 2.05) is 6.92 Å². The van der Waals surface area contributed by atoms with Gasteiger partial charge in [-0.3, -0.25) is 13.9 Å². The zero-order valence-electron chi connectivity index (χ0n) is 20.6. The molecule has 0 aromatic heterocycles. The number of carbonyl (C=O) groups is 2. The van der Waals surface area contributed by atoms with Crippen LogP contribution in [0.15, 0.2) is 42.5 Å². The minimum atomic E-state index is -3.80. The maximum Gasteiger partial charge on any atom is 0.244 e. The van der Waals surface area contributed by atoms with Crippen molar-refractivity contribution in [2.24, 2.45) is 0 Å². The van der Waals surface area contributed by atoms with Crippen LogP contribution >= 0.6 is 23.2 Å². The smallest absolute Gasteiger partial charge is 0.244 e. The number of nitrogens with one attached hydrogen (secondary N) is 1. The normalized spacial score (nSPS) is 12.2. The van der Waals surface area contributed by atoms with E-state index in [0.717, 1.165) is 23.4 Å². The van der Waals surface area contributed by atoms with Gasteiger partial charge in [0, 0.05) is 28.7 Å². The number of amides is 2. The molecule has 0 saturated carbocycles. The first kappa shape index (κ1) is 28.9. The van der Waals surface area contributed by atoms with Crippen LogP contribution in [-0.2, 0) is 26.2 Å². The quantitative estimate of drug-likeness (QED) is 0.391. The Morgan fingerprint density at radius 1 is 1.03 bits per heavy atom. The number of hydrogen-bond acceptors (Lipinski definition) is 4. The summed E-state index contributed by atoms with van der Waals surface area (Å²) in [7, 11) is -3.80. The minimum Gasteiger partial charge on any atom is -0.354 e. The van der Waals surface area contributed by atoms with Gasteiger partial charge in [0.05, 0.1) is 11.9 Å². The number of carbonyl (C=O) groups excluding carboxylic acids is 2. The molecule has 7 nitrogen and oxygen atoms in total. The maximum absolute atomic E-state index is 13.7. The van der Waals surface area contributed by atoms with Gasteiger partial charge in [0.2, 0.25) is 21.8 Å². The van der Waals surface area contributed by atoms with E-state index in [9.17, 15) is 18.0 Å². The van der Waals surface area contributed by atoms with Gasteiger partial charge < -0.3 is 10.2 Å². The second kappa shape index (κ2) is 13.1. The number of aryl methyl sites for hydroxylation is 1. The fourth-order valence-electron chi connectivity index (χ4n) is 3.72. The summed E-state index contributed by atoms with van der Waals surface area (Å²) in [5.74, 6) is -0.841. The van der Waals surface area contributed by atoms with Gasteiger partial charge in [0.15, 0.2) is 0 Å². The zero-order chi connectivity index (χ0) is 26.2. The Balaban J connectivity index is 2.48. The Bertz CT molecular complexity index is 1120. The van der Waals surface area contributed by atoms with Crippen molar-refractivity contribution in [3.8, 4) is 0 Å². The van der Waals surface area contributed by atoms with E-state index in [0.29, 0.717) is 39.8 Å². The first-order valence-corrected chi connectivity index (χ1v) is 14.1. The zero-order valence-corrected chi connectivity index (χ0v) is 22.9. The topological polar surface area (TPSA) is 86.8 Å². The third-order valence-corrected chi connectivity index (χ3v) is 7.50. The summed E-state index contributed by atoms with van der Waals surface area (Å²) in [4.78, 5) is 28.1. The Morgan fingerprint density at radius 2 is 1.66 bits per heavy atom.